The number of carbonyl (C=O) groups excluding carboxylic acids is 2. The first-order valence-corrected chi connectivity index (χ1v) is 14.4. The van der Waals surface area contributed by atoms with E-state index in [2.05, 4.69) is 15.6 Å². The summed E-state index contributed by atoms with van der Waals surface area (Å²) in [5, 5.41) is 6.28. The highest BCUT2D eigenvalue weighted by Crippen LogP contribution is 2.40. The number of halogens is 1. The van der Waals surface area contributed by atoms with E-state index in [0.717, 1.165) is 17.5 Å². The van der Waals surface area contributed by atoms with E-state index < -0.39 is 21.8 Å². The van der Waals surface area contributed by atoms with Gasteiger partial charge in [0.05, 0.1) is 17.7 Å². The molecule has 1 saturated carbocycles. The van der Waals surface area contributed by atoms with Gasteiger partial charge >= 0.3 is 0 Å². The minimum Gasteiger partial charge on any atom is -0.445 e. The number of hydrogen-bond acceptors (Lipinski definition) is 7. The Bertz CT molecular complexity index is 1360. The standard InChI is InChI=1S/C27H29FN4O5S/c28-21-7-5-18(6-8-21)22-17-24(22)29-10-9-23(27(34)32-12-15-38(35,36)16-13-32)31-25(33)19-1-3-20(4-2-19)26-30-11-14-37-26/h1-8,11,14,22-24,29H,9-10,12-13,15-17H2,(H,31,33)/t22-,23-,24?/m0/s1. The monoisotopic (exact) mass is 540 g/mol. The zero-order valence-electron chi connectivity index (χ0n) is 20.7. The fourth-order valence-electron chi connectivity index (χ4n) is 4.69. The van der Waals surface area contributed by atoms with Crippen LogP contribution in [0, 0.1) is 5.82 Å². The van der Waals surface area contributed by atoms with E-state index in [1.54, 1.807) is 36.4 Å². The van der Waals surface area contributed by atoms with Crippen LogP contribution < -0.4 is 10.6 Å². The molecule has 3 aromatic rings. The summed E-state index contributed by atoms with van der Waals surface area (Å²) in [6.07, 6.45) is 4.26. The third kappa shape index (κ3) is 6.28. The molecule has 9 nitrogen and oxygen atoms in total. The van der Waals surface area contributed by atoms with Gasteiger partial charge in [-0.1, -0.05) is 12.1 Å². The van der Waals surface area contributed by atoms with Crippen LogP contribution in [0.15, 0.2) is 65.4 Å². The third-order valence-electron chi connectivity index (χ3n) is 7.01. The Morgan fingerprint density at radius 1 is 1.08 bits per heavy atom. The van der Waals surface area contributed by atoms with Crippen molar-refractivity contribution in [1.82, 2.24) is 20.5 Å². The van der Waals surface area contributed by atoms with Crippen LogP contribution in [-0.4, -0.2) is 73.3 Å². The summed E-state index contributed by atoms with van der Waals surface area (Å²) in [6.45, 7) is 0.705. The molecule has 0 bridgehead atoms. The molecule has 5 rings (SSSR count). The molecule has 3 atom stereocenters. The summed E-state index contributed by atoms with van der Waals surface area (Å²) in [5.74, 6) is -0.402. The minimum absolute atomic E-state index is 0.0820. The topological polar surface area (TPSA) is 122 Å². The number of hydrogen-bond donors (Lipinski definition) is 2. The smallest absolute Gasteiger partial charge is 0.251 e. The lowest BCUT2D eigenvalue weighted by atomic mass is 10.1. The van der Waals surface area contributed by atoms with Gasteiger partial charge in [-0.3, -0.25) is 9.59 Å². The first-order chi connectivity index (χ1) is 18.3. The number of benzene rings is 2. The first kappa shape index (κ1) is 26.1. The summed E-state index contributed by atoms with van der Waals surface area (Å²) in [4.78, 5) is 32.0. The predicted octanol–water partition coefficient (Wildman–Crippen LogP) is 2.37. The fraction of sp³-hybridized carbons (Fsp3) is 0.370. The Balaban J connectivity index is 1.21. The zero-order valence-corrected chi connectivity index (χ0v) is 21.5. The molecule has 2 N–H and O–H groups in total. The number of nitrogens with one attached hydrogen (secondary N) is 2. The van der Waals surface area contributed by atoms with Crippen LogP contribution in [0.1, 0.15) is 34.7 Å². The normalized spacial score (nSPS) is 21.0. The van der Waals surface area contributed by atoms with Crippen molar-refractivity contribution in [2.45, 2.75) is 30.8 Å². The largest absolute Gasteiger partial charge is 0.445 e. The van der Waals surface area contributed by atoms with Gasteiger partial charge < -0.3 is 20.0 Å². The third-order valence-corrected chi connectivity index (χ3v) is 8.62. The summed E-state index contributed by atoms with van der Waals surface area (Å²) in [7, 11) is -3.15. The summed E-state index contributed by atoms with van der Waals surface area (Å²) in [5.41, 5.74) is 2.16. The average molecular weight is 541 g/mol. The second kappa shape index (κ2) is 11.0. The Morgan fingerprint density at radius 2 is 1.79 bits per heavy atom. The van der Waals surface area contributed by atoms with Gasteiger partial charge in [0.15, 0.2) is 9.84 Å². The van der Waals surface area contributed by atoms with Gasteiger partial charge in [-0.2, -0.15) is 0 Å². The summed E-state index contributed by atoms with van der Waals surface area (Å²) in [6, 6.07) is 12.6. The first-order valence-electron chi connectivity index (χ1n) is 12.6. The number of rotatable bonds is 9. The van der Waals surface area contributed by atoms with Crippen molar-refractivity contribution >= 4 is 21.7 Å². The number of amides is 2. The highest BCUT2D eigenvalue weighted by atomic mass is 32.2. The number of carbonyl (C=O) groups is 2. The quantitative estimate of drug-likeness (QED) is 0.427. The van der Waals surface area contributed by atoms with Gasteiger partial charge in [-0.25, -0.2) is 17.8 Å². The fourth-order valence-corrected chi connectivity index (χ4v) is 5.90. The van der Waals surface area contributed by atoms with Crippen molar-refractivity contribution in [2.24, 2.45) is 0 Å². The molecule has 1 aromatic heterocycles. The van der Waals surface area contributed by atoms with E-state index in [1.165, 1.54) is 29.5 Å². The minimum atomic E-state index is -3.15. The molecule has 2 amide bonds. The Hall–Kier alpha value is -3.57. The van der Waals surface area contributed by atoms with Gasteiger partial charge in [0.25, 0.3) is 5.91 Å². The number of aromatic nitrogens is 1. The molecule has 2 fully saturated rings. The second-order valence-corrected chi connectivity index (χ2v) is 12.0. The second-order valence-electron chi connectivity index (χ2n) is 9.66. The number of sulfone groups is 1. The molecule has 38 heavy (non-hydrogen) atoms. The molecule has 2 heterocycles. The number of oxazole rings is 1. The van der Waals surface area contributed by atoms with E-state index in [4.69, 9.17) is 4.42 Å². The lowest BCUT2D eigenvalue weighted by Crippen LogP contribution is -2.53. The summed E-state index contributed by atoms with van der Waals surface area (Å²) < 4.78 is 42.2. The molecule has 2 aliphatic rings. The molecule has 11 heteroatoms. The van der Waals surface area contributed by atoms with E-state index >= 15 is 0 Å². The van der Waals surface area contributed by atoms with Crippen LogP contribution in [0.25, 0.3) is 11.5 Å². The average Bonchev–Trinajstić information content (AvgIpc) is 3.46. The van der Waals surface area contributed by atoms with Crippen LogP contribution in [0.4, 0.5) is 4.39 Å². The predicted molar refractivity (Wildman–Crippen MR) is 139 cm³/mol. The number of nitrogens with zero attached hydrogens (tertiary/aromatic N) is 2. The maximum Gasteiger partial charge on any atom is 0.251 e. The molecule has 1 aliphatic heterocycles. The highest BCUT2D eigenvalue weighted by molar-refractivity contribution is 7.91. The molecule has 200 valence electrons. The molecule has 1 unspecified atom stereocenters. The van der Waals surface area contributed by atoms with E-state index in [9.17, 15) is 22.4 Å². The Labute approximate surface area is 220 Å². The van der Waals surface area contributed by atoms with Gasteiger partial charge in [0, 0.05) is 36.2 Å². The molecular formula is C27H29FN4O5S. The molecule has 0 radical (unpaired) electrons. The van der Waals surface area contributed by atoms with Gasteiger partial charge in [0.1, 0.15) is 18.1 Å². The van der Waals surface area contributed by atoms with Crippen molar-refractivity contribution in [3.05, 3.63) is 77.9 Å². The molecule has 0 spiro atoms. The van der Waals surface area contributed by atoms with E-state index in [-0.39, 0.29) is 48.3 Å². The van der Waals surface area contributed by atoms with Gasteiger partial charge in [-0.15, -0.1) is 0 Å². The van der Waals surface area contributed by atoms with Crippen molar-refractivity contribution in [2.75, 3.05) is 31.1 Å². The van der Waals surface area contributed by atoms with Crippen LogP contribution in [0.5, 0.6) is 0 Å². The maximum atomic E-state index is 13.3. The van der Waals surface area contributed by atoms with Crippen molar-refractivity contribution in [1.29, 1.82) is 0 Å². The van der Waals surface area contributed by atoms with Crippen LogP contribution in [-0.2, 0) is 14.6 Å². The van der Waals surface area contributed by atoms with Crippen LogP contribution in [0.3, 0.4) is 0 Å². The lowest BCUT2D eigenvalue weighted by molar-refractivity contribution is -0.133. The maximum absolute atomic E-state index is 13.3. The summed E-state index contributed by atoms with van der Waals surface area (Å²) >= 11 is 0. The van der Waals surface area contributed by atoms with Gasteiger partial charge in [-0.05, 0) is 61.3 Å². The van der Waals surface area contributed by atoms with E-state index in [1.807, 2.05) is 0 Å². The van der Waals surface area contributed by atoms with Crippen molar-refractivity contribution < 1.29 is 26.8 Å². The van der Waals surface area contributed by atoms with Crippen LogP contribution >= 0.6 is 0 Å². The highest BCUT2D eigenvalue weighted by Gasteiger charge is 2.38. The van der Waals surface area contributed by atoms with Crippen LogP contribution in [0.2, 0.25) is 0 Å². The molecule has 2 aromatic carbocycles. The van der Waals surface area contributed by atoms with Crippen molar-refractivity contribution in [3.8, 4) is 11.5 Å². The Morgan fingerprint density at radius 3 is 2.45 bits per heavy atom. The zero-order chi connectivity index (χ0) is 26.7. The van der Waals surface area contributed by atoms with E-state index in [0.29, 0.717) is 24.4 Å². The molecule has 1 aliphatic carbocycles. The van der Waals surface area contributed by atoms with Gasteiger partial charge in [0.2, 0.25) is 11.8 Å². The van der Waals surface area contributed by atoms with Crippen molar-refractivity contribution in [3.63, 3.8) is 0 Å². The molecular weight excluding hydrogens is 511 g/mol. The molecule has 1 saturated heterocycles. The lowest BCUT2D eigenvalue weighted by Gasteiger charge is -2.30. The Kier molecular flexibility index (Phi) is 7.57. The SMILES string of the molecule is O=C(N[C@@H](CCNC1C[C@H]1c1ccc(F)cc1)C(=O)N1CCS(=O)(=O)CC1)c1ccc(-c2ncco2)cc1.